The molecule has 1 aromatic rings. The Morgan fingerprint density at radius 1 is 1.57 bits per heavy atom. The highest BCUT2D eigenvalue weighted by molar-refractivity contribution is 6.29. The Hall–Kier alpha value is -1.49. The summed E-state index contributed by atoms with van der Waals surface area (Å²) >= 11 is 5.66. The van der Waals surface area contributed by atoms with Gasteiger partial charge in [-0.1, -0.05) is 11.6 Å². The molecule has 0 saturated heterocycles. The SMILES string of the molecule is NC(=O)CCNc1nc(Cl)ccc1N. The summed E-state index contributed by atoms with van der Waals surface area (Å²) in [4.78, 5) is 14.4. The van der Waals surface area contributed by atoms with E-state index in [4.69, 9.17) is 23.1 Å². The van der Waals surface area contributed by atoms with E-state index in [9.17, 15) is 4.79 Å². The number of hydrogen-bond donors (Lipinski definition) is 3. The van der Waals surface area contributed by atoms with Crippen LogP contribution in [0.5, 0.6) is 0 Å². The van der Waals surface area contributed by atoms with Crippen molar-refractivity contribution in [2.24, 2.45) is 5.73 Å². The van der Waals surface area contributed by atoms with Crippen molar-refractivity contribution in [3.63, 3.8) is 0 Å². The summed E-state index contributed by atoms with van der Waals surface area (Å²) in [7, 11) is 0. The van der Waals surface area contributed by atoms with Gasteiger partial charge in [0.25, 0.3) is 0 Å². The van der Waals surface area contributed by atoms with Crippen LogP contribution in [-0.4, -0.2) is 17.4 Å². The molecule has 1 heterocycles. The van der Waals surface area contributed by atoms with Gasteiger partial charge >= 0.3 is 0 Å². The van der Waals surface area contributed by atoms with E-state index in [-0.39, 0.29) is 12.3 Å². The summed E-state index contributed by atoms with van der Waals surface area (Å²) in [5.41, 5.74) is 11.1. The molecular weight excluding hydrogens is 204 g/mol. The standard InChI is InChI=1S/C8H11ClN4O/c9-6-2-1-5(10)8(13-6)12-4-3-7(11)14/h1-2H,3-4,10H2,(H2,11,14)(H,12,13). The molecule has 1 amide bonds. The number of amides is 1. The lowest BCUT2D eigenvalue weighted by Crippen LogP contribution is -2.16. The molecule has 1 aromatic heterocycles. The van der Waals surface area contributed by atoms with Gasteiger partial charge in [-0.2, -0.15) is 0 Å². The largest absolute Gasteiger partial charge is 0.396 e. The molecule has 6 heteroatoms. The van der Waals surface area contributed by atoms with Gasteiger partial charge in [0.15, 0.2) is 5.82 Å². The van der Waals surface area contributed by atoms with Crippen molar-refractivity contribution in [1.29, 1.82) is 0 Å². The maximum absolute atomic E-state index is 10.4. The van der Waals surface area contributed by atoms with Crippen LogP contribution in [0, 0.1) is 0 Å². The van der Waals surface area contributed by atoms with Gasteiger partial charge in [0.1, 0.15) is 5.15 Å². The van der Waals surface area contributed by atoms with Crippen molar-refractivity contribution in [2.45, 2.75) is 6.42 Å². The van der Waals surface area contributed by atoms with E-state index >= 15 is 0 Å². The molecule has 0 fully saturated rings. The maximum Gasteiger partial charge on any atom is 0.219 e. The van der Waals surface area contributed by atoms with Crippen molar-refractivity contribution < 1.29 is 4.79 Å². The number of pyridine rings is 1. The molecule has 0 aliphatic carbocycles. The lowest BCUT2D eigenvalue weighted by molar-refractivity contribution is -0.117. The molecule has 0 spiro atoms. The molecule has 76 valence electrons. The topological polar surface area (TPSA) is 94.0 Å². The minimum Gasteiger partial charge on any atom is -0.396 e. The second-order valence-corrected chi connectivity index (χ2v) is 3.10. The Balaban J connectivity index is 2.57. The summed E-state index contributed by atoms with van der Waals surface area (Å²) in [5, 5.41) is 3.21. The van der Waals surface area contributed by atoms with Crippen LogP contribution in [-0.2, 0) is 4.79 Å². The zero-order valence-corrected chi connectivity index (χ0v) is 8.21. The summed E-state index contributed by atoms with van der Waals surface area (Å²) < 4.78 is 0. The summed E-state index contributed by atoms with van der Waals surface area (Å²) in [6.07, 6.45) is 0.230. The number of nitrogens with one attached hydrogen (secondary N) is 1. The summed E-state index contributed by atoms with van der Waals surface area (Å²) in [6, 6.07) is 3.23. The first kappa shape index (κ1) is 10.6. The van der Waals surface area contributed by atoms with Gasteiger partial charge in [-0.25, -0.2) is 4.98 Å². The number of carbonyl (C=O) groups is 1. The number of aromatic nitrogens is 1. The van der Waals surface area contributed by atoms with Gasteiger partial charge in [-0.15, -0.1) is 0 Å². The minimum absolute atomic E-state index is 0.230. The second-order valence-electron chi connectivity index (χ2n) is 2.71. The second kappa shape index (κ2) is 4.66. The van der Waals surface area contributed by atoms with Crippen LogP contribution < -0.4 is 16.8 Å². The molecule has 5 N–H and O–H groups in total. The molecule has 0 bridgehead atoms. The fourth-order valence-corrected chi connectivity index (χ4v) is 1.04. The lowest BCUT2D eigenvalue weighted by Gasteiger charge is -2.06. The fourth-order valence-electron chi connectivity index (χ4n) is 0.892. The smallest absolute Gasteiger partial charge is 0.219 e. The fraction of sp³-hybridized carbons (Fsp3) is 0.250. The Morgan fingerprint density at radius 2 is 2.29 bits per heavy atom. The predicted octanol–water partition coefficient (Wildman–Crippen LogP) is 0.604. The summed E-state index contributed by atoms with van der Waals surface area (Å²) in [6.45, 7) is 0.396. The monoisotopic (exact) mass is 214 g/mol. The molecule has 0 aliphatic rings. The van der Waals surface area contributed by atoms with Gasteiger partial charge < -0.3 is 16.8 Å². The van der Waals surface area contributed by atoms with Crippen LogP contribution in [0.2, 0.25) is 5.15 Å². The third-order valence-corrected chi connectivity index (χ3v) is 1.77. The number of nitrogens with two attached hydrogens (primary N) is 2. The zero-order chi connectivity index (χ0) is 10.6. The number of nitrogen functional groups attached to an aromatic ring is 1. The number of nitrogens with zero attached hydrogens (tertiary/aromatic N) is 1. The van der Waals surface area contributed by atoms with E-state index in [0.29, 0.717) is 23.2 Å². The summed E-state index contributed by atoms with van der Waals surface area (Å²) in [5.74, 6) is 0.0943. The predicted molar refractivity (Wildman–Crippen MR) is 56.0 cm³/mol. The number of primary amides is 1. The number of halogens is 1. The highest BCUT2D eigenvalue weighted by atomic mass is 35.5. The van der Waals surface area contributed by atoms with Crippen LogP contribution >= 0.6 is 11.6 Å². The quantitative estimate of drug-likeness (QED) is 0.640. The van der Waals surface area contributed by atoms with Gasteiger partial charge in [0.2, 0.25) is 5.91 Å². The normalized spacial score (nSPS) is 9.79. The van der Waals surface area contributed by atoms with Gasteiger partial charge in [-0.05, 0) is 12.1 Å². The number of anilines is 2. The Labute approximate surface area is 86.4 Å². The van der Waals surface area contributed by atoms with Crippen LogP contribution in [0.4, 0.5) is 11.5 Å². The van der Waals surface area contributed by atoms with Crippen LogP contribution in [0.1, 0.15) is 6.42 Å². The van der Waals surface area contributed by atoms with Gasteiger partial charge in [0, 0.05) is 13.0 Å². The molecule has 0 radical (unpaired) electrons. The minimum atomic E-state index is -0.377. The molecule has 0 unspecified atom stereocenters. The van der Waals surface area contributed by atoms with Crippen molar-refractivity contribution in [3.05, 3.63) is 17.3 Å². The third kappa shape index (κ3) is 3.10. The van der Waals surface area contributed by atoms with Crippen molar-refractivity contribution in [2.75, 3.05) is 17.6 Å². The highest BCUT2D eigenvalue weighted by Crippen LogP contribution is 2.17. The highest BCUT2D eigenvalue weighted by Gasteiger charge is 2.01. The molecule has 0 aromatic carbocycles. The number of rotatable bonds is 4. The molecule has 5 nitrogen and oxygen atoms in total. The molecule has 0 atom stereocenters. The van der Waals surface area contributed by atoms with E-state index in [1.165, 1.54) is 0 Å². The molecular formula is C8H11ClN4O. The van der Waals surface area contributed by atoms with Crippen molar-refractivity contribution in [1.82, 2.24) is 4.98 Å². The molecule has 0 aliphatic heterocycles. The lowest BCUT2D eigenvalue weighted by atomic mass is 10.3. The molecule has 0 saturated carbocycles. The maximum atomic E-state index is 10.4. The van der Waals surface area contributed by atoms with E-state index in [2.05, 4.69) is 10.3 Å². The van der Waals surface area contributed by atoms with E-state index in [0.717, 1.165) is 0 Å². The van der Waals surface area contributed by atoms with Gasteiger partial charge in [-0.3, -0.25) is 4.79 Å². The first-order chi connectivity index (χ1) is 6.59. The number of carbonyl (C=O) groups excluding carboxylic acids is 1. The van der Waals surface area contributed by atoms with Gasteiger partial charge in [0.05, 0.1) is 5.69 Å². The molecule has 1 rings (SSSR count). The average molecular weight is 215 g/mol. The van der Waals surface area contributed by atoms with Crippen LogP contribution in [0.15, 0.2) is 12.1 Å². The Morgan fingerprint density at radius 3 is 2.93 bits per heavy atom. The van der Waals surface area contributed by atoms with Crippen molar-refractivity contribution in [3.8, 4) is 0 Å². The first-order valence-corrected chi connectivity index (χ1v) is 4.41. The van der Waals surface area contributed by atoms with Crippen LogP contribution in [0.3, 0.4) is 0 Å². The Kier molecular flexibility index (Phi) is 3.53. The van der Waals surface area contributed by atoms with E-state index in [1.807, 2.05) is 0 Å². The first-order valence-electron chi connectivity index (χ1n) is 4.04. The van der Waals surface area contributed by atoms with Crippen molar-refractivity contribution >= 4 is 29.0 Å². The average Bonchev–Trinajstić information content (AvgIpc) is 2.10. The zero-order valence-electron chi connectivity index (χ0n) is 7.46. The number of hydrogen-bond acceptors (Lipinski definition) is 4. The van der Waals surface area contributed by atoms with Crippen LogP contribution in [0.25, 0.3) is 0 Å². The Bertz CT molecular complexity index is 342. The van der Waals surface area contributed by atoms with E-state index < -0.39 is 0 Å². The molecule has 14 heavy (non-hydrogen) atoms. The van der Waals surface area contributed by atoms with E-state index in [1.54, 1.807) is 12.1 Å². The third-order valence-electron chi connectivity index (χ3n) is 1.56.